The molecule has 0 saturated carbocycles. The van der Waals surface area contributed by atoms with Crippen molar-refractivity contribution in [3.05, 3.63) is 18.3 Å². The molecule has 1 unspecified atom stereocenters. The number of anilines is 1. The molecule has 0 bridgehead atoms. The van der Waals surface area contributed by atoms with Gasteiger partial charge in [0.15, 0.2) is 0 Å². The first-order valence-electron chi connectivity index (χ1n) is 5.83. The molecule has 98 valence electrons. The van der Waals surface area contributed by atoms with Gasteiger partial charge in [-0.2, -0.15) is 0 Å². The average Bonchev–Trinajstić information content (AvgIpc) is 2.75. The second-order valence-electron chi connectivity index (χ2n) is 4.25. The molecule has 0 spiro atoms. The van der Waals surface area contributed by atoms with Gasteiger partial charge in [-0.25, -0.2) is 9.37 Å². The molecule has 2 rings (SSSR count). The highest BCUT2D eigenvalue weighted by molar-refractivity contribution is 7.98. The zero-order valence-electron chi connectivity index (χ0n) is 10.2. The quantitative estimate of drug-likeness (QED) is 0.846. The normalized spacial score (nSPS) is 20.0. The number of pyridine rings is 1. The maximum Gasteiger partial charge on any atom is 0.239 e. The van der Waals surface area contributed by atoms with Crippen molar-refractivity contribution in [1.82, 2.24) is 9.88 Å². The van der Waals surface area contributed by atoms with Crippen LogP contribution in [0, 0.1) is 0 Å². The smallest absolute Gasteiger partial charge is 0.239 e. The highest BCUT2D eigenvalue weighted by atomic mass is 32.2. The summed E-state index contributed by atoms with van der Waals surface area (Å²) in [4.78, 5) is 18.7. The number of hydrogen-bond acceptors (Lipinski definition) is 4. The van der Waals surface area contributed by atoms with Crippen LogP contribution in [0.15, 0.2) is 23.2 Å². The van der Waals surface area contributed by atoms with Gasteiger partial charge in [0.25, 0.3) is 0 Å². The Kier molecular flexibility index (Phi) is 4.54. The summed E-state index contributed by atoms with van der Waals surface area (Å²) in [6, 6.07) is 3.67. The Hall–Kier alpha value is -1.14. The Morgan fingerprint density at radius 1 is 1.67 bits per heavy atom. The molecule has 4 nitrogen and oxygen atoms in total. The number of likely N-dealkylation sites (tertiary alicyclic amines) is 1. The van der Waals surface area contributed by atoms with E-state index in [1.54, 1.807) is 24.0 Å². The molecule has 0 aromatic carbocycles. The minimum Gasteiger partial charge on any atom is -0.310 e. The lowest BCUT2D eigenvalue weighted by molar-refractivity contribution is -0.117. The number of carbonyl (C=O) groups is 1. The number of hydrogen-bond donors (Lipinski definition) is 1. The average molecular weight is 269 g/mol. The van der Waals surface area contributed by atoms with Crippen LogP contribution in [0.5, 0.6) is 0 Å². The number of rotatable bonds is 4. The van der Waals surface area contributed by atoms with E-state index in [2.05, 4.69) is 10.3 Å². The molecule has 1 aromatic heterocycles. The third kappa shape index (κ3) is 3.68. The minimum atomic E-state index is -0.795. The summed E-state index contributed by atoms with van der Waals surface area (Å²) < 4.78 is 12.9. The summed E-state index contributed by atoms with van der Waals surface area (Å²) in [5.74, 6) is 0.391. The topological polar surface area (TPSA) is 45.2 Å². The molecule has 1 atom stereocenters. The first-order chi connectivity index (χ1) is 8.67. The molecule has 1 amide bonds. The lowest BCUT2D eigenvalue weighted by Gasteiger charge is -2.13. The molecule has 1 aliphatic rings. The minimum absolute atomic E-state index is 0.145. The van der Waals surface area contributed by atoms with Crippen molar-refractivity contribution in [2.24, 2.45) is 0 Å². The van der Waals surface area contributed by atoms with Crippen LogP contribution in [0.1, 0.15) is 6.42 Å². The second kappa shape index (κ2) is 6.15. The second-order valence-corrected chi connectivity index (χ2v) is 5.13. The SMILES string of the molecule is CSc1ccc(NC(=O)CN2CCC(F)C2)nc1. The number of alkyl halides is 1. The molecule has 0 aliphatic carbocycles. The van der Waals surface area contributed by atoms with Crippen molar-refractivity contribution in [3.8, 4) is 0 Å². The lowest BCUT2D eigenvalue weighted by Crippen LogP contribution is -2.31. The van der Waals surface area contributed by atoms with Crippen molar-refractivity contribution in [2.75, 3.05) is 31.2 Å². The fourth-order valence-electron chi connectivity index (χ4n) is 1.89. The van der Waals surface area contributed by atoms with Gasteiger partial charge in [0.1, 0.15) is 12.0 Å². The van der Waals surface area contributed by atoms with Crippen LogP contribution >= 0.6 is 11.8 Å². The molecule has 0 radical (unpaired) electrons. The first kappa shape index (κ1) is 13.3. The molecule has 6 heteroatoms. The van der Waals surface area contributed by atoms with E-state index in [4.69, 9.17) is 0 Å². The van der Waals surface area contributed by atoms with Crippen LogP contribution in [-0.2, 0) is 4.79 Å². The maximum atomic E-state index is 12.9. The summed E-state index contributed by atoms with van der Waals surface area (Å²) >= 11 is 1.60. The summed E-state index contributed by atoms with van der Waals surface area (Å²) in [5.41, 5.74) is 0. The van der Waals surface area contributed by atoms with Crippen molar-refractivity contribution >= 4 is 23.5 Å². The number of halogens is 1. The van der Waals surface area contributed by atoms with Crippen LogP contribution in [0.3, 0.4) is 0 Å². The van der Waals surface area contributed by atoms with Crippen molar-refractivity contribution in [2.45, 2.75) is 17.5 Å². The molecule has 1 fully saturated rings. The van der Waals surface area contributed by atoms with Crippen molar-refractivity contribution < 1.29 is 9.18 Å². The van der Waals surface area contributed by atoms with Gasteiger partial charge in [-0.15, -0.1) is 11.8 Å². The highest BCUT2D eigenvalue weighted by Gasteiger charge is 2.23. The Morgan fingerprint density at radius 3 is 3.06 bits per heavy atom. The van der Waals surface area contributed by atoms with Gasteiger partial charge in [0, 0.05) is 24.2 Å². The molecule has 2 heterocycles. The molecule has 18 heavy (non-hydrogen) atoms. The van der Waals surface area contributed by atoms with Gasteiger partial charge in [0.2, 0.25) is 5.91 Å². The predicted octanol–water partition coefficient (Wildman–Crippen LogP) is 1.79. The van der Waals surface area contributed by atoms with E-state index in [0.717, 1.165) is 4.90 Å². The molecular formula is C12H16FN3OS. The van der Waals surface area contributed by atoms with Gasteiger partial charge in [0.05, 0.1) is 6.54 Å². The Morgan fingerprint density at radius 2 is 2.50 bits per heavy atom. The van der Waals surface area contributed by atoms with Gasteiger partial charge in [-0.1, -0.05) is 0 Å². The van der Waals surface area contributed by atoms with E-state index in [1.165, 1.54) is 0 Å². The Bertz CT molecular complexity index is 412. The zero-order chi connectivity index (χ0) is 13.0. The number of nitrogens with one attached hydrogen (secondary N) is 1. The largest absolute Gasteiger partial charge is 0.310 e. The van der Waals surface area contributed by atoms with Crippen LogP contribution in [-0.4, -0.2) is 47.9 Å². The number of carbonyl (C=O) groups excluding carboxylic acids is 1. The molecule has 1 aliphatic heterocycles. The number of aromatic nitrogens is 1. The van der Waals surface area contributed by atoms with Crippen LogP contribution < -0.4 is 5.32 Å². The van der Waals surface area contributed by atoms with Crippen LogP contribution in [0.25, 0.3) is 0 Å². The molecule has 1 aromatic rings. The number of nitrogens with zero attached hydrogens (tertiary/aromatic N) is 2. The lowest BCUT2D eigenvalue weighted by atomic mass is 10.3. The molecule has 1 saturated heterocycles. The molecular weight excluding hydrogens is 253 g/mol. The third-order valence-electron chi connectivity index (χ3n) is 2.82. The van der Waals surface area contributed by atoms with Gasteiger partial charge < -0.3 is 5.32 Å². The van der Waals surface area contributed by atoms with Crippen LogP contribution in [0.2, 0.25) is 0 Å². The van der Waals surface area contributed by atoms with E-state index in [-0.39, 0.29) is 12.5 Å². The van der Waals surface area contributed by atoms with Gasteiger partial charge >= 0.3 is 0 Å². The van der Waals surface area contributed by atoms with E-state index < -0.39 is 6.17 Å². The highest BCUT2D eigenvalue weighted by Crippen LogP contribution is 2.15. The van der Waals surface area contributed by atoms with Gasteiger partial charge in [-0.05, 0) is 24.8 Å². The van der Waals surface area contributed by atoms with E-state index in [0.29, 0.717) is 25.3 Å². The zero-order valence-corrected chi connectivity index (χ0v) is 11.0. The van der Waals surface area contributed by atoms with Gasteiger partial charge in [-0.3, -0.25) is 9.69 Å². The van der Waals surface area contributed by atoms with Crippen LogP contribution in [0.4, 0.5) is 10.2 Å². The molecule has 1 N–H and O–H groups in total. The third-order valence-corrected chi connectivity index (χ3v) is 3.53. The first-order valence-corrected chi connectivity index (χ1v) is 7.06. The summed E-state index contributed by atoms with van der Waals surface area (Å²) in [7, 11) is 0. The summed E-state index contributed by atoms with van der Waals surface area (Å²) in [6.07, 6.45) is 3.41. The maximum absolute atomic E-state index is 12.9. The Balaban J connectivity index is 1.83. The predicted molar refractivity (Wildman–Crippen MR) is 70.6 cm³/mol. The van der Waals surface area contributed by atoms with Crippen molar-refractivity contribution in [3.63, 3.8) is 0 Å². The number of thioether (sulfide) groups is 1. The summed E-state index contributed by atoms with van der Waals surface area (Å²) in [5, 5.41) is 2.71. The fourth-order valence-corrected chi connectivity index (χ4v) is 2.25. The standard InChI is InChI=1S/C12H16FN3OS/c1-18-10-2-3-11(14-6-10)15-12(17)8-16-5-4-9(13)7-16/h2-3,6,9H,4-5,7-8H2,1H3,(H,14,15,17). The summed E-state index contributed by atoms with van der Waals surface area (Å²) in [6.45, 7) is 1.23. The van der Waals surface area contributed by atoms with E-state index >= 15 is 0 Å². The fraction of sp³-hybridized carbons (Fsp3) is 0.500. The van der Waals surface area contributed by atoms with E-state index in [9.17, 15) is 9.18 Å². The monoisotopic (exact) mass is 269 g/mol. The number of amides is 1. The van der Waals surface area contributed by atoms with Crippen molar-refractivity contribution in [1.29, 1.82) is 0 Å². The Labute approximate surface area is 110 Å². The van der Waals surface area contributed by atoms with E-state index in [1.807, 2.05) is 17.2 Å².